The van der Waals surface area contributed by atoms with Crippen molar-refractivity contribution in [3.8, 4) is 5.75 Å². The number of nitrogens with one attached hydrogen (secondary N) is 2. The maximum absolute atomic E-state index is 13.0. The minimum Gasteiger partial charge on any atom is -0.506 e. The van der Waals surface area contributed by atoms with Crippen LogP contribution in [0.3, 0.4) is 0 Å². The number of carboxylic acids is 1. The smallest absolute Gasteiger partial charge is 0.322 e. The SMILES string of the molecule is C[C@@H](NC(=O)c1cn(Cc2ccccc2)c(=O)c(C(=O)NCC(=O)O)c1O)c1ccccc1. The first-order chi connectivity index (χ1) is 15.8. The normalized spacial score (nSPS) is 11.4. The summed E-state index contributed by atoms with van der Waals surface area (Å²) in [6, 6.07) is 17.6. The number of aromatic hydroxyl groups is 1. The number of pyridine rings is 1. The third kappa shape index (κ3) is 5.65. The minimum absolute atomic E-state index is 0.0354. The molecule has 0 radical (unpaired) electrons. The van der Waals surface area contributed by atoms with E-state index in [4.69, 9.17) is 5.11 Å². The van der Waals surface area contributed by atoms with Crippen molar-refractivity contribution in [1.29, 1.82) is 0 Å². The molecule has 0 aliphatic heterocycles. The predicted molar refractivity (Wildman–Crippen MR) is 120 cm³/mol. The molecule has 3 rings (SSSR count). The maximum atomic E-state index is 13.0. The Bertz CT molecular complexity index is 1220. The van der Waals surface area contributed by atoms with Gasteiger partial charge in [0.2, 0.25) is 0 Å². The molecule has 1 aromatic heterocycles. The number of carbonyl (C=O) groups excluding carboxylic acids is 2. The summed E-state index contributed by atoms with van der Waals surface area (Å²) in [6.07, 6.45) is 1.19. The molecule has 0 aliphatic rings. The lowest BCUT2D eigenvalue weighted by atomic mass is 10.1. The molecule has 9 nitrogen and oxygen atoms in total. The number of hydrogen-bond donors (Lipinski definition) is 4. The number of carbonyl (C=O) groups is 3. The third-order valence-corrected chi connectivity index (χ3v) is 4.97. The van der Waals surface area contributed by atoms with Gasteiger partial charge in [-0.1, -0.05) is 60.7 Å². The van der Waals surface area contributed by atoms with Crippen LogP contribution in [0, 0.1) is 0 Å². The van der Waals surface area contributed by atoms with Gasteiger partial charge in [-0.25, -0.2) is 0 Å². The Kier molecular flexibility index (Phi) is 7.24. The molecule has 0 unspecified atom stereocenters. The van der Waals surface area contributed by atoms with E-state index >= 15 is 0 Å². The van der Waals surface area contributed by atoms with Gasteiger partial charge < -0.3 is 25.4 Å². The van der Waals surface area contributed by atoms with Crippen LogP contribution in [-0.4, -0.2) is 39.1 Å². The number of nitrogens with zero attached hydrogens (tertiary/aromatic N) is 1. The Hall–Kier alpha value is -4.40. The van der Waals surface area contributed by atoms with Crippen molar-refractivity contribution in [2.24, 2.45) is 0 Å². The molecular weight excluding hydrogens is 426 g/mol. The summed E-state index contributed by atoms with van der Waals surface area (Å²) >= 11 is 0. The fraction of sp³-hybridized carbons (Fsp3) is 0.167. The summed E-state index contributed by atoms with van der Waals surface area (Å²) < 4.78 is 1.13. The zero-order valence-electron chi connectivity index (χ0n) is 17.8. The summed E-state index contributed by atoms with van der Waals surface area (Å²) in [4.78, 5) is 49.3. The second kappa shape index (κ2) is 10.3. The summed E-state index contributed by atoms with van der Waals surface area (Å²) in [6.45, 7) is 1.04. The van der Waals surface area contributed by atoms with Crippen molar-refractivity contribution in [3.05, 3.63) is 99.5 Å². The maximum Gasteiger partial charge on any atom is 0.322 e. The topological polar surface area (TPSA) is 138 Å². The molecule has 4 N–H and O–H groups in total. The molecule has 1 atom stereocenters. The van der Waals surface area contributed by atoms with Crippen LogP contribution in [0.2, 0.25) is 0 Å². The molecule has 2 amide bonds. The molecule has 3 aromatic rings. The number of aromatic nitrogens is 1. The van der Waals surface area contributed by atoms with Gasteiger partial charge in [0.15, 0.2) is 0 Å². The van der Waals surface area contributed by atoms with E-state index in [1.54, 1.807) is 37.3 Å². The quantitative estimate of drug-likeness (QED) is 0.415. The van der Waals surface area contributed by atoms with Gasteiger partial charge in [0.1, 0.15) is 17.9 Å². The molecule has 0 fully saturated rings. The van der Waals surface area contributed by atoms with E-state index < -0.39 is 47.2 Å². The van der Waals surface area contributed by atoms with Gasteiger partial charge in [-0.3, -0.25) is 19.2 Å². The fourth-order valence-corrected chi connectivity index (χ4v) is 3.27. The second-order valence-electron chi connectivity index (χ2n) is 7.37. The van der Waals surface area contributed by atoms with E-state index in [1.807, 2.05) is 30.3 Å². The van der Waals surface area contributed by atoms with Gasteiger partial charge in [0.25, 0.3) is 17.4 Å². The van der Waals surface area contributed by atoms with E-state index in [0.717, 1.165) is 15.7 Å². The van der Waals surface area contributed by atoms with Gasteiger partial charge in [-0.05, 0) is 18.1 Å². The standard InChI is InChI=1S/C24H23N3O6/c1-15(17-10-6-3-7-11-17)26-22(31)18-14-27(13-16-8-4-2-5-9-16)24(33)20(21(18)30)23(32)25-12-19(28)29/h2-11,14-15,30H,12-13H2,1H3,(H,25,32)(H,26,31)(H,28,29)/t15-/m1/s1. The fourth-order valence-electron chi connectivity index (χ4n) is 3.27. The lowest BCUT2D eigenvalue weighted by molar-refractivity contribution is -0.135. The lowest BCUT2D eigenvalue weighted by Gasteiger charge is -2.17. The molecule has 170 valence electrons. The van der Waals surface area contributed by atoms with E-state index in [1.165, 1.54) is 6.20 Å². The number of aliphatic carboxylic acids is 1. The molecule has 0 spiro atoms. The first-order valence-corrected chi connectivity index (χ1v) is 10.1. The average Bonchev–Trinajstić information content (AvgIpc) is 2.80. The Morgan fingerprint density at radius 2 is 1.58 bits per heavy atom. The van der Waals surface area contributed by atoms with Crippen molar-refractivity contribution in [3.63, 3.8) is 0 Å². The molecule has 0 aliphatic carbocycles. The molecule has 9 heteroatoms. The Morgan fingerprint density at radius 3 is 2.18 bits per heavy atom. The van der Waals surface area contributed by atoms with Crippen LogP contribution >= 0.6 is 0 Å². The first-order valence-electron chi connectivity index (χ1n) is 10.1. The highest BCUT2D eigenvalue weighted by atomic mass is 16.4. The summed E-state index contributed by atoms with van der Waals surface area (Å²) in [5, 5.41) is 24.3. The Balaban J connectivity index is 2.02. The molecule has 0 saturated carbocycles. The van der Waals surface area contributed by atoms with Crippen molar-refractivity contribution < 1.29 is 24.6 Å². The minimum atomic E-state index is -1.32. The van der Waals surface area contributed by atoms with Crippen molar-refractivity contribution in [1.82, 2.24) is 15.2 Å². The summed E-state index contributed by atoms with van der Waals surface area (Å²) in [7, 11) is 0. The molecule has 33 heavy (non-hydrogen) atoms. The van der Waals surface area contributed by atoms with Crippen LogP contribution in [-0.2, 0) is 11.3 Å². The van der Waals surface area contributed by atoms with Crippen LogP contribution in [0.1, 0.15) is 44.8 Å². The van der Waals surface area contributed by atoms with E-state index in [0.29, 0.717) is 0 Å². The molecular formula is C24H23N3O6. The summed E-state index contributed by atoms with van der Waals surface area (Å²) in [5.74, 6) is -3.92. The highest BCUT2D eigenvalue weighted by Crippen LogP contribution is 2.22. The van der Waals surface area contributed by atoms with Gasteiger partial charge in [0, 0.05) is 6.20 Å². The van der Waals surface area contributed by atoms with Gasteiger partial charge >= 0.3 is 5.97 Å². The van der Waals surface area contributed by atoms with E-state index in [9.17, 15) is 24.3 Å². The number of amides is 2. The van der Waals surface area contributed by atoms with E-state index in [-0.39, 0.29) is 12.1 Å². The van der Waals surface area contributed by atoms with Crippen LogP contribution in [0.15, 0.2) is 71.7 Å². The first kappa shape index (κ1) is 23.3. The third-order valence-electron chi connectivity index (χ3n) is 4.97. The molecule has 0 saturated heterocycles. The number of hydrogen-bond acceptors (Lipinski definition) is 5. The van der Waals surface area contributed by atoms with E-state index in [2.05, 4.69) is 10.6 Å². The molecule has 2 aromatic carbocycles. The molecule has 0 bridgehead atoms. The predicted octanol–water partition coefficient (Wildman–Crippen LogP) is 1.91. The monoisotopic (exact) mass is 449 g/mol. The van der Waals surface area contributed by atoms with Gasteiger partial charge in [-0.15, -0.1) is 0 Å². The Labute approximate surface area is 189 Å². The average molecular weight is 449 g/mol. The zero-order chi connectivity index (χ0) is 24.0. The van der Waals surface area contributed by atoms with Crippen LogP contribution < -0.4 is 16.2 Å². The lowest BCUT2D eigenvalue weighted by Crippen LogP contribution is -2.37. The van der Waals surface area contributed by atoms with Crippen molar-refractivity contribution >= 4 is 17.8 Å². The van der Waals surface area contributed by atoms with Crippen molar-refractivity contribution in [2.75, 3.05) is 6.54 Å². The van der Waals surface area contributed by atoms with Gasteiger partial charge in [-0.2, -0.15) is 0 Å². The summed E-state index contributed by atoms with van der Waals surface area (Å²) in [5.41, 5.74) is -0.290. The van der Waals surface area contributed by atoms with Crippen LogP contribution in [0.5, 0.6) is 5.75 Å². The van der Waals surface area contributed by atoms with Gasteiger partial charge in [0.05, 0.1) is 18.2 Å². The molecule has 1 heterocycles. The number of benzene rings is 2. The largest absolute Gasteiger partial charge is 0.506 e. The highest BCUT2D eigenvalue weighted by molar-refractivity contribution is 6.04. The van der Waals surface area contributed by atoms with Crippen molar-refractivity contribution in [2.45, 2.75) is 19.5 Å². The number of carboxylic acid groups (broad SMARTS) is 1. The number of rotatable bonds is 8. The van der Waals surface area contributed by atoms with Crippen LogP contribution in [0.25, 0.3) is 0 Å². The zero-order valence-corrected chi connectivity index (χ0v) is 17.8. The van der Waals surface area contributed by atoms with Crippen LogP contribution in [0.4, 0.5) is 0 Å². The Morgan fingerprint density at radius 1 is 0.970 bits per heavy atom. The highest BCUT2D eigenvalue weighted by Gasteiger charge is 2.26. The second-order valence-corrected chi connectivity index (χ2v) is 7.37.